The molecule has 43 heavy (non-hydrogen) atoms. The van der Waals surface area contributed by atoms with E-state index in [1.54, 1.807) is 0 Å². The molecule has 0 N–H and O–H groups in total. The van der Waals surface area contributed by atoms with Gasteiger partial charge in [0.15, 0.2) is 0 Å². The van der Waals surface area contributed by atoms with Crippen LogP contribution in [-0.2, 0) is 0 Å². The second kappa shape index (κ2) is 10.7. The maximum atomic E-state index is 2.48. The predicted octanol–water partition coefficient (Wildman–Crippen LogP) is 11.0. The topological polar surface area (TPSA) is 0 Å². The summed E-state index contributed by atoms with van der Waals surface area (Å²) < 4.78 is 0. The molecule has 0 fully saturated rings. The first-order chi connectivity index (χ1) is 21.2. The van der Waals surface area contributed by atoms with E-state index in [0.29, 0.717) is 11.8 Å². The van der Waals surface area contributed by atoms with Crippen LogP contribution in [0.2, 0.25) is 12.1 Å². The van der Waals surface area contributed by atoms with E-state index >= 15 is 0 Å². The highest BCUT2D eigenvalue weighted by Gasteiger charge is 2.28. The van der Waals surface area contributed by atoms with E-state index in [2.05, 4.69) is 147 Å². The highest BCUT2D eigenvalue weighted by atomic mass is 28.2. The summed E-state index contributed by atoms with van der Waals surface area (Å²) in [5.41, 5.74) is 14.5. The predicted molar refractivity (Wildman–Crippen MR) is 190 cm³/mol. The van der Waals surface area contributed by atoms with Crippen LogP contribution >= 0.6 is 0 Å². The zero-order valence-corrected chi connectivity index (χ0v) is 26.4. The fourth-order valence-corrected chi connectivity index (χ4v) is 10.5. The Morgan fingerprint density at radius 2 is 0.837 bits per heavy atom. The third kappa shape index (κ3) is 4.42. The molecule has 0 amide bonds. The molecule has 8 rings (SSSR count). The van der Waals surface area contributed by atoms with Crippen LogP contribution in [0.5, 0.6) is 0 Å². The summed E-state index contributed by atoms with van der Waals surface area (Å²) in [6, 6.07) is 47.7. The van der Waals surface area contributed by atoms with Crippen LogP contribution in [0.3, 0.4) is 0 Å². The van der Waals surface area contributed by atoms with Crippen molar-refractivity contribution in [3.8, 4) is 22.3 Å². The van der Waals surface area contributed by atoms with E-state index in [-0.39, 0.29) is 9.52 Å². The summed E-state index contributed by atoms with van der Waals surface area (Å²) >= 11 is 0. The van der Waals surface area contributed by atoms with Gasteiger partial charge in [-0.15, -0.1) is 0 Å². The van der Waals surface area contributed by atoms with Gasteiger partial charge in [0.05, 0.1) is 0 Å². The van der Waals surface area contributed by atoms with Gasteiger partial charge in [-0.1, -0.05) is 157 Å². The van der Waals surface area contributed by atoms with Crippen molar-refractivity contribution in [2.75, 3.05) is 0 Å². The molecular weight excluding hydrogens is 533 g/mol. The monoisotopic (exact) mass is 568 g/mol. The standard InChI is InChI=1S/C42H36Si/c1-27-23-39-35(33-17-7-13-29-11-3-5-15-31(29)33)19-9-21-37(39)41(27)25-43-26-42-28(2)24-40-36(20-10-22-38(40)42)34-18-8-14-30-12-4-6-16-32(30)34/h3-24,41-42H,25-26,43H2,1-2H3. The van der Waals surface area contributed by atoms with Gasteiger partial charge >= 0.3 is 0 Å². The molecule has 1 heteroatoms. The molecule has 2 aliphatic carbocycles. The highest BCUT2D eigenvalue weighted by molar-refractivity contribution is 6.36. The van der Waals surface area contributed by atoms with E-state index in [9.17, 15) is 0 Å². The summed E-state index contributed by atoms with van der Waals surface area (Å²) in [7, 11) is -0.289. The van der Waals surface area contributed by atoms with Crippen molar-refractivity contribution in [1.29, 1.82) is 0 Å². The minimum Gasteiger partial charge on any atom is -0.0655 e. The van der Waals surface area contributed by atoms with Crippen molar-refractivity contribution in [2.24, 2.45) is 0 Å². The van der Waals surface area contributed by atoms with E-state index in [0.717, 1.165) is 0 Å². The smallest absolute Gasteiger partial charge is 0.0218 e. The van der Waals surface area contributed by atoms with Crippen LogP contribution in [-0.4, -0.2) is 9.52 Å². The SMILES string of the molecule is CC1=Cc2c(-c3cccc4ccccc34)cccc2C1C[SiH2]CC1C(C)=Cc2c(-c3cccc4ccccc34)cccc21. The Morgan fingerprint density at radius 1 is 0.442 bits per heavy atom. The van der Waals surface area contributed by atoms with Crippen LogP contribution in [0.15, 0.2) is 132 Å². The maximum absolute atomic E-state index is 2.48. The van der Waals surface area contributed by atoms with Crippen LogP contribution in [0, 0.1) is 0 Å². The van der Waals surface area contributed by atoms with E-state index in [1.807, 2.05) is 0 Å². The third-order valence-corrected chi connectivity index (χ3v) is 12.0. The van der Waals surface area contributed by atoms with Gasteiger partial charge < -0.3 is 0 Å². The van der Waals surface area contributed by atoms with Crippen LogP contribution < -0.4 is 0 Å². The van der Waals surface area contributed by atoms with Crippen molar-refractivity contribution in [1.82, 2.24) is 0 Å². The van der Waals surface area contributed by atoms with Gasteiger partial charge in [-0.25, -0.2) is 0 Å². The first-order valence-corrected chi connectivity index (χ1v) is 17.8. The van der Waals surface area contributed by atoms with Crippen molar-refractivity contribution in [3.63, 3.8) is 0 Å². The molecule has 0 aliphatic heterocycles. The number of fused-ring (bicyclic) bond motifs is 4. The fraction of sp³-hybridized carbons (Fsp3) is 0.143. The van der Waals surface area contributed by atoms with E-state index in [1.165, 1.54) is 89.3 Å². The van der Waals surface area contributed by atoms with Crippen molar-refractivity contribution >= 4 is 43.2 Å². The Balaban J connectivity index is 1.05. The zero-order valence-electron chi connectivity index (χ0n) is 25.0. The molecule has 2 atom stereocenters. The number of hydrogen-bond donors (Lipinski definition) is 0. The molecule has 0 saturated carbocycles. The van der Waals surface area contributed by atoms with Crippen LogP contribution in [0.4, 0.5) is 0 Å². The normalized spacial score (nSPS) is 17.4. The summed E-state index contributed by atoms with van der Waals surface area (Å²) in [6.07, 6.45) is 4.97. The van der Waals surface area contributed by atoms with Crippen molar-refractivity contribution in [3.05, 3.63) is 155 Å². The lowest BCUT2D eigenvalue weighted by Crippen LogP contribution is -2.06. The zero-order chi connectivity index (χ0) is 28.9. The molecule has 0 radical (unpaired) electrons. The quantitative estimate of drug-likeness (QED) is 0.175. The number of rotatable bonds is 6. The molecule has 0 aromatic heterocycles. The molecule has 208 valence electrons. The highest BCUT2D eigenvalue weighted by Crippen LogP contribution is 2.47. The van der Waals surface area contributed by atoms with Gasteiger partial charge in [0, 0.05) is 21.4 Å². The first-order valence-electron chi connectivity index (χ1n) is 15.8. The van der Waals surface area contributed by atoms with Gasteiger partial charge in [-0.2, -0.15) is 0 Å². The van der Waals surface area contributed by atoms with Gasteiger partial charge in [0.25, 0.3) is 0 Å². The molecule has 6 aromatic carbocycles. The Hall–Kier alpha value is -4.46. The molecule has 0 nitrogen and oxygen atoms in total. The molecule has 0 heterocycles. The molecular formula is C42H36Si. The molecule has 0 bridgehead atoms. The Labute approximate surface area is 257 Å². The lowest BCUT2D eigenvalue weighted by molar-refractivity contribution is 0.876. The summed E-state index contributed by atoms with van der Waals surface area (Å²) in [4.78, 5) is 0. The molecule has 2 unspecified atom stereocenters. The molecule has 0 saturated heterocycles. The first kappa shape index (κ1) is 26.2. The average Bonchev–Trinajstić information content (AvgIpc) is 3.55. The molecule has 6 aromatic rings. The lowest BCUT2D eigenvalue weighted by Gasteiger charge is -2.19. The summed E-state index contributed by atoms with van der Waals surface area (Å²) in [5, 5.41) is 5.30. The molecule has 2 aliphatic rings. The van der Waals surface area contributed by atoms with Gasteiger partial charge in [-0.3, -0.25) is 0 Å². The summed E-state index contributed by atoms with van der Waals surface area (Å²) in [5.74, 6) is 1.12. The van der Waals surface area contributed by atoms with Gasteiger partial charge in [-0.05, 0) is 79.9 Å². The Kier molecular flexibility index (Phi) is 6.50. The van der Waals surface area contributed by atoms with Crippen LogP contribution in [0.1, 0.15) is 47.9 Å². The molecule has 0 spiro atoms. The second-order valence-corrected chi connectivity index (χ2v) is 14.3. The minimum atomic E-state index is -0.289. The van der Waals surface area contributed by atoms with Crippen molar-refractivity contribution < 1.29 is 0 Å². The second-order valence-electron chi connectivity index (χ2n) is 12.5. The summed E-state index contributed by atoms with van der Waals surface area (Å²) in [6.45, 7) is 4.72. The van der Waals surface area contributed by atoms with E-state index in [4.69, 9.17) is 0 Å². The third-order valence-electron chi connectivity index (χ3n) is 10.0. The van der Waals surface area contributed by atoms with Crippen molar-refractivity contribution in [2.45, 2.75) is 37.8 Å². The maximum Gasteiger partial charge on any atom is 0.0218 e. The average molecular weight is 569 g/mol. The van der Waals surface area contributed by atoms with E-state index < -0.39 is 0 Å². The van der Waals surface area contributed by atoms with Gasteiger partial charge in [0.2, 0.25) is 0 Å². The fourth-order valence-electron chi connectivity index (χ4n) is 7.93. The largest absolute Gasteiger partial charge is 0.0655 e. The minimum absolute atomic E-state index is 0.289. The van der Waals surface area contributed by atoms with Crippen LogP contribution in [0.25, 0.3) is 56.0 Å². The Morgan fingerprint density at radius 3 is 1.33 bits per heavy atom. The Bertz CT molecular complexity index is 1930. The number of hydrogen-bond acceptors (Lipinski definition) is 0. The number of allylic oxidation sites excluding steroid dienone is 2. The van der Waals surface area contributed by atoms with Gasteiger partial charge in [0.1, 0.15) is 0 Å². The number of benzene rings is 6. The lowest BCUT2D eigenvalue weighted by atomic mass is 9.91.